The van der Waals surface area contributed by atoms with E-state index < -0.39 is 0 Å². The van der Waals surface area contributed by atoms with Gasteiger partial charge in [0.1, 0.15) is 0 Å². The zero-order valence-electron chi connectivity index (χ0n) is 6.58. The van der Waals surface area contributed by atoms with E-state index in [0.717, 1.165) is 5.69 Å². The molecule has 0 atom stereocenters. The van der Waals surface area contributed by atoms with Crippen LogP contribution in [0.25, 0.3) is 10.8 Å². The van der Waals surface area contributed by atoms with Crippen LogP contribution in [-0.2, 0) is 0 Å². The van der Waals surface area contributed by atoms with Crippen LogP contribution in [-0.4, -0.2) is 10.2 Å². The maximum Gasteiger partial charge on any atom is 0.0678 e. The molecule has 0 aliphatic heterocycles. The maximum absolute atomic E-state index is 4.00. The molecule has 0 saturated heterocycles. The molecule has 0 N–H and O–H groups in total. The smallest absolute Gasteiger partial charge is 0.0678 e. The van der Waals surface area contributed by atoms with Crippen molar-refractivity contribution in [2.75, 3.05) is 0 Å². The quantitative estimate of drug-likeness (QED) is 0.687. The predicted molar refractivity (Wildman–Crippen MR) is 57.0 cm³/mol. The fourth-order valence-electron chi connectivity index (χ4n) is 1.21. The third-order valence-corrected chi connectivity index (χ3v) is 2.78. The summed E-state index contributed by atoms with van der Waals surface area (Å²) in [5.41, 5.74) is 0.992. The summed E-state index contributed by atoms with van der Waals surface area (Å²) in [7, 11) is 0. The Hall–Kier alpha value is -0.710. The van der Waals surface area contributed by atoms with Gasteiger partial charge in [0.05, 0.1) is 11.9 Å². The Morgan fingerprint density at radius 1 is 1.25 bits per heavy atom. The number of halogens is 1. The van der Waals surface area contributed by atoms with E-state index in [2.05, 4.69) is 44.9 Å². The molecule has 2 nitrogen and oxygen atoms in total. The second-order valence-corrected chi connectivity index (χ2v) is 3.79. The van der Waals surface area contributed by atoms with Gasteiger partial charge in [-0.05, 0) is 35.6 Å². The van der Waals surface area contributed by atoms with Crippen molar-refractivity contribution >= 4 is 33.4 Å². The minimum absolute atomic E-state index is 0.992. The Kier molecular flexibility index (Phi) is 1.96. The average Bonchev–Trinajstić information content (AvgIpc) is 2.07. The van der Waals surface area contributed by atoms with Crippen LogP contribution in [0.4, 0.5) is 0 Å². The number of hydrogen-bond donors (Lipinski definition) is 0. The lowest BCUT2D eigenvalue weighted by Crippen LogP contribution is -1.88. The third kappa shape index (κ3) is 1.18. The van der Waals surface area contributed by atoms with E-state index in [1.54, 1.807) is 0 Å². The van der Waals surface area contributed by atoms with Crippen LogP contribution in [0.1, 0.15) is 5.69 Å². The third-order valence-electron chi connectivity index (χ3n) is 1.84. The summed E-state index contributed by atoms with van der Waals surface area (Å²) in [4.78, 5) is 0. The molecule has 0 amide bonds. The molecule has 0 fully saturated rings. The fourth-order valence-corrected chi connectivity index (χ4v) is 1.85. The van der Waals surface area contributed by atoms with Crippen LogP contribution >= 0.6 is 22.6 Å². The first-order valence-corrected chi connectivity index (χ1v) is 4.73. The van der Waals surface area contributed by atoms with E-state index in [9.17, 15) is 0 Å². The minimum atomic E-state index is 0.992. The first-order valence-electron chi connectivity index (χ1n) is 3.65. The van der Waals surface area contributed by atoms with Gasteiger partial charge in [0.25, 0.3) is 0 Å². The van der Waals surface area contributed by atoms with Crippen molar-refractivity contribution in [2.24, 2.45) is 0 Å². The van der Waals surface area contributed by atoms with Gasteiger partial charge in [-0.25, -0.2) is 0 Å². The monoisotopic (exact) mass is 270 g/mol. The summed E-state index contributed by atoms with van der Waals surface area (Å²) in [6, 6.07) is 6.18. The minimum Gasteiger partial charge on any atom is -0.158 e. The molecule has 0 bridgehead atoms. The standard InChI is InChI=1S/C9H7IN2/c1-6-7-3-2-4-9(10)8(7)5-11-12-6/h2-5H,1H3. The van der Waals surface area contributed by atoms with Gasteiger partial charge in [0, 0.05) is 14.3 Å². The van der Waals surface area contributed by atoms with Crippen molar-refractivity contribution in [1.82, 2.24) is 10.2 Å². The SMILES string of the molecule is Cc1nncc2c(I)cccc12. The molecule has 2 rings (SSSR count). The van der Waals surface area contributed by atoms with Crippen LogP contribution in [0.2, 0.25) is 0 Å². The molecule has 3 heteroatoms. The first-order chi connectivity index (χ1) is 5.79. The van der Waals surface area contributed by atoms with Crippen molar-refractivity contribution in [3.05, 3.63) is 33.7 Å². The van der Waals surface area contributed by atoms with Crippen molar-refractivity contribution in [2.45, 2.75) is 6.92 Å². The largest absolute Gasteiger partial charge is 0.158 e. The summed E-state index contributed by atoms with van der Waals surface area (Å²) in [6.45, 7) is 1.98. The van der Waals surface area contributed by atoms with Gasteiger partial charge < -0.3 is 0 Å². The fraction of sp³-hybridized carbons (Fsp3) is 0.111. The molecule has 1 aromatic carbocycles. The Morgan fingerprint density at radius 2 is 2.08 bits per heavy atom. The van der Waals surface area contributed by atoms with E-state index in [0.29, 0.717) is 0 Å². The van der Waals surface area contributed by atoms with E-state index >= 15 is 0 Å². The number of hydrogen-bond acceptors (Lipinski definition) is 2. The van der Waals surface area contributed by atoms with Crippen molar-refractivity contribution in [3.8, 4) is 0 Å². The summed E-state index contributed by atoms with van der Waals surface area (Å²) in [5.74, 6) is 0. The average molecular weight is 270 g/mol. The Bertz CT molecular complexity index is 385. The Balaban J connectivity index is 2.94. The zero-order valence-corrected chi connectivity index (χ0v) is 8.74. The molecule has 1 aromatic heterocycles. The number of aromatic nitrogens is 2. The van der Waals surface area contributed by atoms with Crippen LogP contribution < -0.4 is 0 Å². The van der Waals surface area contributed by atoms with E-state index in [1.165, 1.54) is 14.3 Å². The first kappa shape index (κ1) is 7.91. The molecule has 1 heterocycles. The molecule has 0 unspecified atom stereocenters. The Morgan fingerprint density at radius 3 is 2.83 bits per heavy atom. The Labute approximate surface area is 84.1 Å². The summed E-state index contributed by atoms with van der Waals surface area (Å²) >= 11 is 2.31. The van der Waals surface area contributed by atoms with Gasteiger partial charge in [0.2, 0.25) is 0 Å². The van der Waals surface area contributed by atoms with Crippen LogP contribution in [0.15, 0.2) is 24.4 Å². The summed E-state index contributed by atoms with van der Waals surface area (Å²) < 4.78 is 1.23. The van der Waals surface area contributed by atoms with Crippen molar-refractivity contribution in [3.63, 3.8) is 0 Å². The normalized spacial score (nSPS) is 10.5. The molecule has 2 aromatic rings. The number of nitrogens with zero attached hydrogens (tertiary/aromatic N) is 2. The molecular weight excluding hydrogens is 263 g/mol. The van der Waals surface area contributed by atoms with Gasteiger partial charge >= 0.3 is 0 Å². The van der Waals surface area contributed by atoms with Gasteiger partial charge in [-0.2, -0.15) is 10.2 Å². The number of benzene rings is 1. The molecule has 60 valence electrons. The molecule has 0 aliphatic carbocycles. The van der Waals surface area contributed by atoms with E-state index in [4.69, 9.17) is 0 Å². The second kappa shape index (κ2) is 2.97. The lowest BCUT2D eigenvalue weighted by Gasteiger charge is -2.00. The molecule has 12 heavy (non-hydrogen) atoms. The van der Waals surface area contributed by atoms with Gasteiger partial charge in [-0.1, -0.05) is 12.1 Å². The number of rotatable bonds is 0. The van der Waals surface area contributed by atoms with Gasteiger partial charge in [0.15, 0.2) is 0 Å². The highest BCUT2D eigenvalue weighted by atomic mass is 127. The van der Waals surface area contributed by atoms with Crippen LogP contribution in [0.3, 0.4) is 0 Å². The topological polar surface area (TPSA) is 25.8 Å². The highest BCUT2D eigenvalue weighted by Crippen LogP contribution is 2.20. The highest BCUT2D eigenvalue weighted by molar-refractivity contribution is 14.1. The molecule has 0 aliphatic rings. The lowest BCUT2D eigenvalue weighted by molar-refractivity contribution is 1.00. The van der Waals surface area contributed by atoms with Gasteiger partial charge in [-0.15, -0.1) is 0 Å². The maximum atomic E-state index is 4.00. The zero-order chi connectivity index (χ0) is 8.55. The van der Waals surface area contributed by atoms with Crippen LogP contribution in [0, 0.1) is 10.5 Å². The molecular formula is C9H7IN2. The molecule has 0 spiro atoms. The molecule has 0 saturated carbocycles. The van der Waals surface area contributed by atoms with E-state index in [1.807, 2.05) is 19.2 Å². The van der Waals surface area contributed by atoms with Crippen molar-refractivity contribution in [1.29, 1.82) is 0 Å². The summed E-state index contributed by atoms with van der Waals surface area (Å²) in [6.07, 6.45) is 1.81. The number of aryl methyl sites for hydroxylation is 1. The highest BCUT2D eigenvalue weighted by Gasteiger charge is 2.00. The predicted octanol–water partition coefficient (Wildman–Crippen LogP) is 2.54. The second-order valence-electron chi connectivity index (χ2n) is 2.63. The van der Waals surface area contributed by atoms with Crippen LogP contribution in [0.5, 0.6) is 0 Å². The van der Waals surface area contributed by atoms with E-state index in [-0.39, 0.29) is 0 Å². The lowest BCUT2D eigenvalue weighted by atomic mass is 10.1. The summed E-state index contributed by atoms with van der Waals surface area (Å²) in [5, 5.41) is 10.3. The van der Waals surface area contributed by atoms with Gasteiger partial charge in [-0.3, -0.25) is 0 Å². The molecule has 0 radical (unpaired) electrons. The van der Waals surface area contributed by atoms with Crippen molar-refractivity contribution < 1.29 is 0 Å². The number of fused-ring (bicyclic) bond motifs is 1.